The molecule has 1 heterocycles. The molecule has 2 aromatic carbocycles. The lowest BCUT2D eigenvalue weighted by atomic mass is 10.0. The number of thioether (sulfide) groups is 1. The Kier molecular flexibility index (Phi) is 7.66. The van der Waals surface area contributed by atoms with Crippen LogP contribution in [0.15, 0.2) is 24.3 Å². The van der Waals surface area contributed by atoms with E-state index in [-0.39, 0.29) is 22.7 Å². The summed E-state index contributed by atoms with van der Waals surface area (Å²) in [6, 6.07) is 7.68. The first-order chi connectivity index (χ1) is 15.3. The minimum absolute atomic E-state index is 0.0643. The average molecular weight is 467 g/mol. The van der Waals surface area contributed by atoms with Gasteiger partial charge in [-0.1, -0.05) is 0 Å². The van der Waals surface area contributed by atoms with Gasteiger partial charge in [-0.2, -0.15) is 10.4 Å². The van der Waals surface area contributed by atoms with E-state index >= 15 is 0 Å². The average Bonchev–Trinajstić information content (AvgIpc) is 3.32. The topological polar surface area (TPSA) is 86.6 Å². The van der Waals surface area contributed by atoms with Gasteiger partial charge in [-0.3, -0.25) is 0 Å². The van der Waals surface area contributed by atoms with E-state index in [2.05, 4.69) is 0 Å². The summed E-state index contributed by atoms with van der Waals surface area (Å²) in [5.74, 6) is 2.61. The predicted molar refractivity (Wildman–Crippen MR) is 124 cm³/mol. The molecule has 1 aliphatic heterocycles. The van der Waals surface area contributed by atoms with E-state index in [1.54, 1.807) is 41.4 Å². The summed E-state index contributed by atoms with van der Waals surface area (Å²) >= 11 is 1.81. The van der Waals surface area contributed by atoms with E-state index in [0.29, 0.717) is 28.7 Å². The van der Waals surface area contributed by atoms with Crippen molar-refractivity contribution in [2.75, 3.05) is 42.1 Å². The molecule has 0 bridgehead atoms. The van der Waals surface area contributed by atoms with Gasteiger partial charge < -0.3 is 23.7 Å². The second-order valence-corrected chi connectivity index (χ2v) is 8.88. The number of methoxy groups -OCH3 is 5. The molecule has 2 atom stereocenters. The largest absolute Gasteiger partial charge is 0.493 e. The van der Waals surface area contributed by atoms with Gasteiger partial charge in [0.25, 0.3) is 0 Å². The minimum Gasteiger partial charge on any atom is -0.493 e. The van der Waals surface area contributed by atoms with Crippen molar-refractivity contribution in [3.05, 3.63) is 35.4 Å². The van der Waals surface area contributed by atoms with Crippen LogP contribution in [0.2, 0.25) is 0 Å². The molecule has 0 radical (unpaired) electrons. The van der Waals surface area contributed by atoms with Crippen LogP contribution in [0.25, 0.3) is 0 Å². The number of hydrogen-bond donors (Lipinski definition) is 2. The zero-order chi connectivity index (χ0) is 23.5. The third-order valence-electron chi connectivity index (χ3n) is 5.76. The molecule has 1 fully saturated rings. The van der Waals surface area contributed by atoms with Crippen molar-refractivity contribution in [3.63, 3.8) is 0 Å². The van der Waals surface area contributed by atoms with Crippen molar-refractivity contribution in [1.29, 1.82) is 0 Å². The third kappa shape index (κ3) is 4.56. The molecule has 176 valence electrons. The van der Waals surface area contributed by atoms with Gasteiger partial charge in [0.05, 0.1) is 35.5 Å². The van der Waals surface area contributed by atoms with Crippen LogP contribution in [-0.2, 0) is 0 Å². The predicted octanol–water partition coefficient (Wildman–Crippen LogP) is 5.14. The Morgan fingerprint density at radius 1 is 0.750 bits per heavy atom. The summed E-state index contributed by atoms with van der Waals surface area (Å²) in [5, 5.41) is 21.4. The molecule has 0 spiro atoms. The second-order valence-electron chi connectivity index (χ2n) is 7.47. The Labute approximate surface area is 193 Å². The number of quaternary nitrogens is 1. The molecule has 0 aliphatic carbocycles. The summed E-state index contributed by atoms with van der Waals surface area (Å²) in [5.41, 5.74) is 2.30. The van der Waals surface area contributed by atoms with Crippen LogP contribution in [0.3, 0.4) is 0 Å². The molecule has 2 N–H and O–H groups in total. The van der Waals surface area contributed by atoms with Crippen molar-refractivity contribution in [2.24, 2.45) is 0 Å². The van der Waals surface area contributed by atoms with Crippen LogP contribution < -0.4 is 28.5 Å². The quantitative estimate of drug-likeness (QED) is 0.388. The van der Waals surface area contributed by atoms with Gasteiger partial charge in [0.2, 0.25) is 17.2 Å². The normalized spacial score (nSPS) is 18.4. The summed E-state index contributed by atoms with van der Waals surface area (Å²) in [6.07, 6.45) is 1.87. The molecule has 8 nitrogen and oxygen atoms in total. The molecule has 1 saturated heterocycles. The summed E-state index contributed by atoms with van der Waals surface area (Å²) < 4.78 is 27.4. The maximum Gasteiger partial charge on any atom is 0.245 e. The fraction of sp³-hybridized carbons (Fsp3) is 0.478. The highest BCUT2D eigenvalue weighted by Crippen LogP contribution is 2.56. The Balaban J connectivity index is 1.96. The minimum atomic E-state index is -1.28. The molecule has 2 aromatic rings. The maximum absolute atomic E-state index is 10.5. The Bertz CT molecular complexity index is 925. The van der Waals surface area contributed by atoms with Crippen molar-refractivity contribution in [2.45, 2.75) is 30.3 Å². The summed E-state index contributed by atoms with van der Waals surface area (Å²) in [4.78, 5) is -1.28. The number of benzene rings is 2. The molecule has 0 aromatic heterocycles. The first kappa shape index (κ1) is 24.3. The van der Waals surface area contributed by atoms with E-state index in [1.165, 1.54) is 7.11 Å². The fourth-order valence-electron chi connectivity index (χ4n) is 4.00. The number of rotatable bonds is 9. The van der Waals surface area contributed by atoms with Gasteiger partial charge in [0.1, 0.15) is 6.54 Å². The molecule has 32 heavy (non-hydrogen) atoms. The van der Waals surface area contributed by atoms with Crippen LogP contribution in [0.5, 0.6) is 28.7 Å². The molecule has 0 saturated carbocycles. The number of hydroxylamine groups is 2. The first-order valence-electron chi connectivity index (χ1n) is 10.4. The molecule has 1 aliphatic rings. The molecular formula is C23H32NO7S+. The van der Waals surface area contributed by atoms with Gasteiger partial charge in [-0.25, -0.2) is 0 Å². The van der Waals surface area contributed by atoms with E-state index in [0.717, 1.165) is 24.0 Å². The van der Waals surface area contributed by atoms with Crippen molar-refractivity contribution in [1.82, 2.24) is 4.81 Å². The van der Waals surface area contributed by atoms with E-state index in [4.69, 9.17) is 23.7 Å². The fourth-order valence-corrected chi connectivity index (χ4v) is 5.53. The first-order valence-corrected chi connectivity index (χ1v) is 11.3. The van der Waals surface area contributed by atoms with Gasteiger partial charge in [-0.15, -0.1) is 11.8 Å². The molecule has 3 rings (SSSR count). The van der Waals surface area contributed by atoms with Crippen molar-refractivity contribution in [3.8, 4) is 28.7 Å². The molecular weight excluding hydrogens is 434 g/mol. The van der Waals surface area contributed by atoms with Gasteiger partial charge >= 0.3 is 0 Å². The maximum atomic E-state index is 10.5. The third-order valence-corrected chi connectivity index (χ3v) is 7.43. The SMILES string of the molecule is CC[N+](O)(O)c1cc([C@H]2CC[C@H](c3cc(OC)c(OC)c(OC)c3)S2)cc(OC)c1OC. The molecule has 0 amide bonds. The number of hydrogen-bond acceptors (Lipinski definition) is 8. The van der Waals surface area contributed by atoms with Crippen LogP contribution in [-0.4, -0.2) is 52.5 Å². The second kappa shape index (κ2) is 10.1. The Hall–Kier alpha value is -2.33. The lowest BCUT2D eigenvalue weighted by Crippen LogP contribution is -2.42. The lowest BCUT2D eigenvalue weighted by molar-refractivity contribution is -0.288. The van der Waals surface area contributed by atoms with E-state index < -0.39 is 4.81 Å². The van der Waals surface area contributed by atoms with Crippen molar-refractivity contribution < 1.29 is 34.1 Å². The zero-order valence-electron chi connectivity index (χ0n) is 19.4. The highest BCUT2D eigenvalue weighted by Gasteiger charge is 2.36. The van der Waals surface area contributed by atoms with E-state index in [9.17, 15) is 10.4 Å². The Morgan fingerprint density at radius 3 is 1.59 bits per heavy atom. The van der Waals surface area contributed by atoms with E-state index in [1.807, 2.05) is 30.0 Å². The molecule has 0 unspecified atom stereocenters. The monoisotopic (exact) mass is 466 g/mol. The number of nitrogens with zero attached hydrogens (tertiary/aromatic N) is 1. The van der Waals surface area contributed by atoms with Crippen LogP contribution in [0, 0.1) is 0 Å². The van der Waals surface area contributed by atoms with Gasteiger partial charge in [-0.05, 0) is 53.9 Å². The highest BCUT2D eigenvalue weighted by molar-refractivity contribution is 8.00. The Morgan fingerprint density at radius 2 is 1.19 bits per heavy atom. The zero-order valence-corrected chi connectivity index (χ0v) is 20.2. The standard InChI is InChI=1S/C23H32NO7S/c1-7-24(25,26)16-10-14(11-17(27-2)22(16)30-5)20-8-9-21(32-20)15-12-18(28-3)23(31-6)19(13-15)29-4/h10-13,20-21,25-26H,7-9H2,1-6H3/q+1/t20-,21-/m1/s1. The van der Waals surface area contributed by atoms with Gasteiger partial charge in [0.15, 0.2) is 17.2 Å². The van der Waals surface area contributed by atoms with Gasteiger partial charge in [0, 0.05) is 16.6 Å². The van der Waals surface area contributed by atoms with Crippen LogP contribution >= 0.6 is 11.8 Å². The lowest BCUT2D eigenvalue weighted by Gasteiger charge is -2.24. The highest BCUT2D eigenvalue weighted by atomic mass is 32.2. The molecule has 9 heteroatoms. The van der Waals surface area contributed by atoms with Crippen LogP contribution in [0.4, 0.5) is 5.69 Å². The smallest absolute Gasteiger partial charge is 0.245 e. The van der Waals surface area contributed by atoms with Crippen molar-refractivity contribution >= 4 is 17.4 Å². The summed E-state index contributed by atoms with van der Waals surface area (Å²) in [7, 11) is 7.84. The number of ether oxygens (including phenoxy) is 5. The summed E-state index contributed by atoms with van der Waals surface area (Å²) in [6.45, 7) is 1.75. The van der Waals surface area contributed by atoms with Crippen LogP contribution in [0.1, 0.15) is 41.4 Å².